The topological polar surface area (TPSA) is 137 Å². The molecule has 1 aliphatic heterocycles. The molecule has 0 unspecified atom stereocenters. The molecule has 234 valence electrons. The van der Waals surface area contributed by atoms with Crippen LogP contribution >= 0.6 is 0 Å². The van der Waals surface area contributed by atoms with Gasteiger partial charge in [0.25, 0.3) is 5.91 Å². The van der Waals surface area contributed by atoms with E-state index >= 15 is 0 Å². The summed E-state index contributed by atoms with van der Waals surface area (Å²) in [6, 6.07) is 6.69. The number of carbonyl (C=O) groups is 4. The number of hydrogen-bond donors (Lipinski definition) is 4. The third-order valence-corrected chi connectivity index (χ3v) is 8.01. The van der Waals surface area contributed by atoms with Gasteiger partial charge in [-0.2, -0.15) is 0 Å². The summed E-state index contributed by atoms with van der Waals surface area (Å²) in [5.74, 6) is -0.963. The van der Waals surface area contributed by atoms with Crippen LogP contribution in [0.4, 0.5) is 4.79 Å². The first-order valence-electron chi connectivity index (χ1n) is 15.5. The van der Waals surface area contributed by atoms with Crippen LogP contribution in [0.3, 0.4) is 0 Å². The number of rotatable bonds is 11. The van der Waals surface area contributed by atoms with Crippen LogP contribution in [0.5, 0.6) is 0 Å². The van der Waals surface area contributed by atoms with Gasteiger partial charge in [0.1, 0.15) is 17.7 Å². The molecule has 4 amide bonds. The van der Waals surface area contributed by atoms with Gasteiger partial charge in [-0.15, -0.1) is 0 Å². The van der Waals surface area contributed by atoms with E-state index < -0.39 is 47.7 Å². The molecule has 0 bridgehead atoms. The van der Waals surface area contributed by atoms with Gasteiger partial charge in [0.15, 0.2) is 6.10 Å². The highest BCUT2D eigenvalue weighted by molar-refractivity contribution is 5.93. The second kappa shape index (κ2) is 15.4. The summed E-state index contributed by atoms with van der Waals surface area (Å²) in [4.78, 5) is 54.1. The zero-order valence-corrected chi connectivity index (χ0v) is 25.9. The lowest BCUT2D eigenvalue weighted by Gasteiger charge is -2.32. The average molecular weight is 587 g/mol. The van der Waals surface area contributed by atoms with Gasteiger partial charge >= 0.3 is 6.09 Å². The standard InChI is InChI=1S/C32H50N4O6/c1-21(2)26(29(39)33-20-23-15-10-7-11-16-23)35-28(38)25-17-12-18-36(25)30(40)27(37)24(19-22-13-8-6-9-14-22)34-31(41)42-32(3,4)5/h6,8-9,13-14,21,23-27,37H,7,10-12,15-20H2,1-5H3,(H,33,39)(H,34,41)(H,35,38)/t24-,25-,26-,27+/m0/s1. The van der Waals surface area contributed by atoms with E-state index in [4.69, 9.17) is 4.74 Å². The molecule has 1 heterocycles. The molecule has 1 aromatic carbocycles. The fraction of sp³-hybridized carbons (Fsp3) is 0.688. The van der Waals surface area contributed by atoms with E-state index in [0.717, 1.165) is 18.4 Å². The maximum Gasteiger partial charge on any atom is 0.407 e. The van der Waals surface area contributed by atoms with Crippen LogP contribution in [0.1, 0.15) is 85.1 Å². The maximum absolute atomic E-state index is 13.6. The summed E-state index contributed by atoms with van der Waals surface area (Å²) < 4.78 is 5.38. The van der Waals surface area contributed by atoms with Crippen LogP contribution in [0.15, 0.2) is 30.3 Å². The zero-order valence-electron chi connectivity index (χ0n) is 25.9. The van der Waals surface area contributed by atoms with Gasteiger partial charge in [-0.1, -0.05) is 63.4 Å². The molecular weight excluding hydrogens is 536 g/mol. The highest BCUT2D eigenvalue weighted by atomic mass is 16.6. The Morgan fingerprint density at radius 1 is 0.976 bits per heavy atom. The van der Waals surface area contributed by atoms with Crippen molar-refractivity contribution in [2.75, 3.05) is 13.1 Å². The first kappa shape index (κ1) is 33.4. The smallest absolute Gasteiger partial charge is 0.407 e. The third-order valence-electron chi connectivity index (χ3n) is 8.01. The van der Waals surface area contributed by atoms with Crippen LogP contribution in [-0.4, -0.2) is 76.7 Å². The molecule has 42 heavy (non-hydrogen) atoms. The SMILES string of the molecule is CC(C)[C@H](NC(=O)[C@@H]1CCCN1C(=O)[C@H](O)[C@H](Cc1ccccc1)NC(=O)OC(C)(C)C)C(=O)NCC1CCCCC1. The number of hydrogen-bond acceptors (Lipinski definition) is 6. The predicted molar refractivity (Wildman–Crippen MR) is 160 cm³/mol. The van der Waals surface area contributed by atoms with Gasteiger partial charge in [0.05, 0.1) is 6.04 Å². The first-order valence-corrected chi connectivity index (χ1v) is 15.5. The summed E-state index contributed by atoms with van der Waals surface area (Å²) >= 11 is 0. The molecule has 10 nitrogen and oxygen atoms in total. The van der Waals surface area contributed by atoms with Crippen LogP contribution < -0.4 is 16.0 Å². The van der Waals surface area contributed by atoms with Crippen LogP contribution in [0.25, 0.3) is 0 Å². The zero-order chi connectivity index (χ0) is 30.9. The molecule has 0 aromatic heterocycles. The lowest BCUT2D eigenvalue weighted by Crippen LogP contribution is -2.58. The molecule has 1 aromatic rings. The fourth-order valence-electron chi connectivity index (χ4n) is 5.74. The van der Waals surface area contributed by atoms with Gasteiger partial charge < -0.3 is 30.7 Å². The molecule has 10 heteroatoms. The quantitative estimate of drug-likeness (QED) is 0.314. The van der Waals surface area contributed by atoms with Crippen molar-refractivity contribution >= 4 is 23.8 Å². The van der Waals surface area contributed by atoms with Crippen molar-refractivity contribution in [3.63, 3.8) is 0 Å². The van der Waals surface area contributed by atoms with Crippen LogP contribution in [0.2, 0.25) is 0 Å². The highest BCUT2D eigenvalue weighted by Crippen LogP contribution is 2.23. The van der Waals surface area contributed by atoms with Gasteiger partial charge in [0, 0.05) is 13.1 Å². The van der Waals surface area contributed by atoms with Crippen molar-refractivity contribution in [3.8, 4) is 0 Å². The lowest BCUT2D eigenvalue weighted by molar-refractivity contribution is -0.147. The second-order valence-electron chi connectivity index (χ2n) is 13.1. The van der Waals surface area contributed by atoms with E-state index in [1.54, 1.807) is 20.8 Å². The summed E-state index contributed by atoms with van der Waals surface area (Å²) in [5.41, 5.74) is 0.0598. The summed E-state index contributed by atoms with van der Waals surface area (Å²) in [5, 5.41) is 19.8. The Bertz CT molecular complexity index is 1050. The predicted octanol–water partition coefficient (Wildman–Crippen LogP) is 3.31. The molecule has 0 radical (unpaired) electrons. The fourth-order valence-corrected chi connectivity index (χ4v) is 5.74. The van der Waals surface area contributed by atoms with E-state index in [0.29, 0.717) is 31.8 Å². The summed E-state index contributed by atoms with van der Waals surface area (Å²) in [6.07, 6.45) is 4.66. The molecular formula is C32H50N4O6. The summed E-state index contributed by atoms with van der Waals surface area (Å²) in [7, 11) is 0. The van der Waals surface area contributed by atoms with Crippen LogP contribution in [0, 0.1) is 11.8 Å². The maximum atomic E-state index is 13.6. The number of alkyl carbamates (subject to hydrolysis) is 1. The molecule has 1 saturated heterocycles. The first-order chi connectivity index (χ1) is 19.9. The second-order valence-corrected chi connectivity index (χ2v) is 13.1. The molecule has 4 atom stereocenters. The van der Waals surface area contributed by atoms with E-state index in [-0.39, 0.29) is 18.2 Å². The largest absolute Gasteiger partial charge is 0.444 e. The van der Waals surface area contributed by atoms with Gasteiger partial charge in [0.2, 0.25) is 11.8 Å². The van der Waals surface area contributed by atoms with E-state index in [1.165, 1.54) is 24.2 Å². The number of nitrogens with zero attached hydrogens (tertiary/aromatic N) is 1. The highest BCUT2D eigenvalue weighted by Gasteiger charge is 2.41. The van der Waals surface area contributed by atoms with Crippen molar-refractivity contribution in [3.05, 3.63) is 35.9 Å². The number of likely N-dealkylation sites (tertiary alicyclic amines) is 1. The Balaban J connectivity index is 1.67. The minimum atomic E-state index is -1.61. The molecule has 1 saturated carbocycles. The lowest BCUT2D eigenvalue weighted by atomic mass is 9.89. The number of carbonyl (C=O) groups excluding carboxylic acids is 4. The van der Waals surface area contributed by atoms with Gasteiger partial charge in [-0.05, 0) is 70.3 Å². The summed E-state index contributed by atoms with van der Waals surface area (Å²) in [6.45, 7) is 9.84. The molecule has 1 aliphatic carbocycles. The van der Waals surface area contributed by atoms with E-state index in [9.17, 15) is 24.3 Å². The Labute approximate surface area is 250 Å². The minimum Gasteiger partial charge on any atom is -0.444 e. The average Bonchev–Trinajstić information content (AvgIpc) is 3.43. The molecule has 2 aliphatic rings. The number of nitrogens with one attached hydrogen (secondary N) is 3. The molecule has 3 rings (SSSR count). The monoisotopic (exact) mass is 586 g/mol. The Morgan fingerprint density at radius 3 is 2.26 bits per heavy atom. The van der Waals surface area contributed by atoms with Crippen molar-refractivity contribution in [1.82, 2.24) is 20.9 Å². The Morgan fingerprint density at radius 2 is 1.64 bits per heavy atom. The number of aliphatic hydroxyl groups is 1. The van der Waals surface area contributed by atoms with Crippen molar-refractivity contribution in [1.29, 1.82) is 0 Å². The number of ether oxygens (including phenoxy) is 1. The minimum absolute atomic E-state index is 0.148. The molecule has 0 spiro atoms. The van der Waals surface area contributed by atoms with Crippen molar-refractivity contribution in [2.45, 2.75) is 116 Å². The van der Waals surface area contributed by atoms with Gasteiger partial charge in [-0.25, -0.2) is 4.79 Å². The van der Waals surface area contributed by atoms with E-state index in [2.05, 4.69) is 16.0 Å². The van der Waals surface area contributed by atoms with Crippen molar-refractivity contribution < 1.29 is 29.0 Å². The Hall–Kier alpha value is -3.14. The van der Waals surface area contributed by atoms with E-state index in [1.807, 2.05) is 44.2 Å². The van der Waals surface area contributed by atoms with Crippen LogP contribution in [-0.2, 0) is 25.5 Å². The third kappa shape index (κ3) is 10.00. The number of amides is 4. The normalized spacial score (nSPS) is 20.0. The molecule has 2 fully saturated rings. The number of aliphatic hydroxyl groups excluding tert-OH is 1. The van der Waals surface area contributed by atoms with Gasteiger partial charge in [-0.3, -0.25) is 14.4 Å². The number of benzene rings is 1. The van der Waals surface area contributed by atoms with Crippen molar-refractivity contribution in [2.24, 2.45) is 11.8 Å². The Kier molecular flexibility index (Phi) is 12.2. The molecule has 4 N–H and O–H groups in total.